The molecule has 0 bridgehead atoms. The highest BCUT2D eigenvalue weighted by Crippen LogP contribution is 2.32. The summed E-state index contributed by atoms with van der Waals surface area (Å²) in [6, 6.07) is 3.82. The molecular formula is C13H16N4O. The first-order valence-corrected chi connectivity index (χ1v) is 5.90. The first kappa shape index (κ1) is 12.3. The van der Waals surface area contributed by atoms with Crippen LogP contribution >= 0.6 is 0 Å². The van der Waals surface area contributed by atoms with Gasteiger partial charge in [0, 0.05) is 24.5 Å². The molecule has 1 N–H and O–H groups in total. The van der Waals surface area contributed by atoms with E-state index in [2.05, 4.69) is 27.2 Å². The van der Waals surface area contributed by atoms with Gasteiger partial charge in [-0.2, -0.15) is 0 Å². The van der Waals surface area contributed by atoms with E-state index in [1.807, 2.05) is 12.1 Å². The van der Waals surface area contributed by atoms with E-state index < -0.39 is 0 Å². The fourth-order valence-corrected chi connectivity index (χ4v) is 1.64. The Balaban J connectivity index is 2.41. The number of aromatic nitrogens is 3. The number of hydrogen-bond donors (Lipinski definition) is 1. The zero-order valence-electron chi connectivity index (χ0n) is 10.6. The second-order valence-electron chi connectivity index (χ2n) is 3.77. The van der Waals surface area contributed by atoms with E-state index in [4.69, 9.17) is 4.74 Å². The van der Waals surface area contributed by atoms with E-state index >= 15 is 0 Å². The van der Waals surface area contributed by atoms with Gasteiger partial charge in [0.15, 0.2) is 11.6 Å². The SMILES string of the molecule is CCCNc1ncnc(-c2cccnc2)c1OC. The van der Waals surface area contributed by atoms with Crippen LogP contribution in [0.1, 0.15) is 13.3 Å². The van der Waals surface area contributed by atoms with Crippen molar-refractivity contribution in [1.29, 1.82) is 0 Å². The molecule has 0 aliphatic carbocycles. The number of rotatable bonds is 5. The van der Waals surface area contributed by atoms with Crippen LogP contribution in [0, 0.1) is 0 Å². The van der Waals surface area contributed by atoms with Crippen LogP contribution < -0.4 is 10.1 Å². The molecule has 0 amide bonds. The van der Waals surface area contributed by atoms with Gasteiger partial charge >= 0.3 is 0 Å². The Bertz CT molecular complexity index is 502. The van der Waals surface area contributed by atoms with Gasteiger partial charge in [-0.3, -0.25) is 4.98 Å². The monoisotopic (exact) mass is 244 g/mol. The molecule has 2 aromatic rings. The predicted octanol–water partition coefficient (Wildman–Crippen LogP) is 2.37. The lowest BCUT2D eigenvalue weighted by Crippen LogP contribution is -2.05. The fourth-order valence-electron chi connectivity index (χ4n) is 1.64. The van der Waals surface area contributed by atoms with Crippen molar-refractivity contribution in [2.45, 2.75) is 13.3 Å². The van der Waals surface area contributed by atoms with Crippen LogP contribution in [0.5, 0.6) is 5.75 Å². The van der Waals surface area contributed by atoms with Gasteiger partial charge in [0.1, 0.15) is 12.0 Å². The van der Waals surface area contributed by atoms with Crippen molar-refractivity contribution in [2.75, 3.05) is 19.0 Å². The first-order valence-electron chi connectivity index (χ1n) is 5.90. The van der Waals surface area contributed by atoms with E-state index in [0.717, 1.165) is 24.2 Å². The van der Waals surface area contributed by atoms with Crippen LogP contribution in [0.15, 0.2) is 30.9 Å². The normalized spacial score (nSPS) is 10.1. The maximum atomic E-state index is 5.41. The Kier molecular flexibility index (Phi) is 4.06. The van der Waals surface area contributed by atoms with Gasteiger partial charge in [-0.15, -0.1) is 0 Å². The van der Waals surface area contributed by atoms with Crippen LogP contribution in [0.25, 0.3) is 11.3 Å². The second-order valence-corrected chi connectivity index (χ2v) is 3.77. The molecule has 0 aromatic carbocycles. The highest BCUT2D eigenvalue weighted by atomic mass is 16.5. The average molecular weight is 244 g/mol. The van der Waals surface area contributed by atoms with Crippen LogP contribution in [-0.4, -0.2) is 28.6 Å². The van der Waals surface area contributed by atoms with Crippen molar-refractivity contribution in [3.05, 3.63) is 30.9 Å². The zero-order valence-corrected chi connectivity index (χ0v) is 10.6. The van der Waals surface area contributed by atoms with Crippen molar-refractivity contribution in [2.24, 2.45) is 0 Å². The van der Waals surface area contributed by atoms with Gasteiger partial charge in [0.25, 0.3) is 0 Å². The van der Waals surface area contributed by atoms with Gasteiger partial charge in [-0.1, -0.05) is 6.92 Å². The van der Waals surface area contributed by atoms with Crippen LogP contribution in [0.4, 0.5) is 5.82 Å². The van der Waals surface area contributed by atoms with Crippen molar-refractivity contribution in [3.63, 3.8) is 0 Å². The fraction of sp³-hybridized carbons (Fsp3) is 0.308. The molecule has 0 spiro atoms. The molecule has 5 heteroatoms. The number of methoxy groups -OCH3 is 1. The highest BCUT2D eigenvalue weighted by molar-refractivity contribution is 5.71. The molecule has 0 saturated carbocycles. The summed E-state index contributed by atoms with van der Waals surface area (Å²) < 4.78 is 5.41. The van der Waals surface area contributed by atoms with Crippen LogP contribution in [-0.2, 0) is 0 Å². The predicted molar refractivity (Wildman–Crippen MR) is 70.6 cm³/mol. The number of nitrogens with one attached hydrogen (secondary N) is 1. The summed E-state index contributed by atoms with van der Waals surface area (Å²) in [4.78, 5) is 12.6. The molecule has 0 atom stereocenters. The van der Waals surface area contributed by atoms with Crippen molar-refractivity contribution in [3.8, 4) is 17.0 Å². The van der Waals surface area contributed by atoms with Crippen molar-refractivity contribution >= 4 is 5.82 Å². The van der Waals surface area contributed by atoms with E-state index in [1.165, 1.54) is 6.33 Å². The lowest BCUT2D eigenvalue weighted by atomic mass is 10.2. The molecule has 94 valence electrons. The number of ether oxygens (including phenoxy) is 1. The lowest BCUT2D eigenvalue weighted by molar-refractivity contribution is 0.414. The molecule has 2 rings (SSSR count). The van der Waals surface area contributed by atoms with Gasteiger partial charge in [0.05, 0.1) is 7.11 Å². The van der Waals surface area contributed by atoms with E-state index in [9.17, 15) is 0 Å². The highest BCUT2D eigenvalue weighted by Gasteiger charge is 2.13. The van der Waals surface area contributed by atoms with E-state index in [-0.39, 0.29) is 0 Å². The summed E-state index contributed by atoms with van der Waals surface area (Å²) in [6.07, 6.45) is 6.04. The summed E-state index contributed by atoms with van der Waals surface area (Å²) in [5.41, 5.74) is 1.66. The largest absolute Gasteiger partial charge is 0.491 e. The molecule has 5 nitrogen and oxygen atoms in total. The number of hydrogen-bond acceptors (Lipinski definition) is 5. The minimum Gasteiger partial charge on any atom is -0.491 e. The molecule has 18 heavy (non-hydrogen) atoms. The Labute approximate surface area is 106 Å². The number of anilines is 1. The molecule has 0 fully saturated rings. The maximum Gasteiger partial charge on any atom is 0.187 e. The minimum absolute atomic E-state index is 0.652. The maximum absolute atomic E-state index is 5.41. The number of pyridine rings is 1. The van der Waals surface area contributed by atoms with E-state index in [0.29, 0.717) is 11.6 Å². The minimum atomic E-state index is 0.652. The Morgan fingerprint density at radius 1 is 1.33 bits per heavy atom. The van der Waals surface area contributed by atoms with E-state index in [1.54, 1.807) is 19.5 Å². The summed E-state index contributed by atoms with van der Waals surface area (Å²) in [5, 5.41) is 3.23. The van der Waals surface area contributed by atoms with Crippen molar-refractivity contribution in [1.82, 2.24) is 15.0 Å². The van der Waals surface area contributed by atoms with Gasteiger partial charge < -0.3 is 10.1 Å². The first-order chi connectivity index (χ1) is 8.86. The molecule has 2 aromatic heterocycles. The molecule has 0 unspecified atom stereocenters. The summed E-state index contributed by atoms with van der Waals surface area (Å²) in [7, 11) is 1.62. The third kappa shape index (κ3) is 2.56. The summed E-state index contributed by atoms with van der Waals surface area (Å²) in [5.74, 6) is 1.37. The van der Waals surface area contributed by atoms with Gasteiger partial charge in [0.2, 0.25) is 0 Å². The average Bonchev–Trinajstić information content (AvgIpc) is 2.45. The molecule has 0 saturated heterocycles. The Morgan fingerprint density at radius 3 is 2.89 bits per heavy atom. The smallest absolute Gasteiger partial charge is 0.187 e. The van der Waals surface area contributed by atoms with Gasteiger partial charge in [-0.25, -0.2) is 9.97 Å². The third-order valence-corrected chi connectivity index (χ3v) is 2.49. The Morgan fingerprint density at radius 2 is 2.22 bits per heavy atom. The third-order valence-electron chi connectivity index (χ3n) is 2.49. The molecule has 0 aliphatic rings. The lowest BCUT2D eigenvalue weighted by Gasteiger charge is -2.12. The molecule has 2 heterocycles. The molecule has 0 aliphatic heterocycles. The van der Waals surface area contributed by atoms with Gasteiger partial charge in [-0.05, 0) is 18.6 Å². The second kappa shape index (κ2) is 5.95. The van der Waals surface area contributed by atoms with Crippen molar-refractivity contribution < 1.29 is 4.74 Å². The molecular weight excluding hydrogens is 228 g/mol. The number of nitrogens with zero attached hydrogens (tertiary/aromatic N) is 3. The quantitative estimate of drug-likeness (QED) is 0.875. The molecule has 0 radical (unpaired) electrons. The summed E-state index contributed by atoms with van der Waals surface area (Å²) in [6.45, 7) is 2.95. The van der Waals surface area contributed by atoms with Crippen LogP contribution in [0.3, 0.4) is 0 Å². The standard InChI is InChI=1S/C13H16N4O/c1-3-6-15-13-12(18-2)11(16-9-17-13)10-5-4-7-14-8-10/h4-5,7-9H,3,6H2,1-2H3,(H,15,16,17). The Hall–Kier alpha value is -2.17. The van der Waals surface area contributed by atoms with Crippen LogP contribution in [0.2, 0.25) is 0 Å². The zero-order chi connectivity index (χ0) is 12.8. The summed E-state index contributed by atoms with van der Waals surface area (Å²) >= 11 is 0. The topological polar surface area (TPSA) is 59.9 Å².